The van der Waals surface area contributed by atoms with Gasteiger partial charge in [0.25, 0.3) is 0 Å². The largest absolute Gasteiger partial charge is 0.352 e. The van der Waals surface area contributed by atoms with Crippen LogP contribution in [0.15, 0.2) is 29.4 Å². The Bertz CT molecular complexity index is 809. The van der Waals surface area contributed by atoms with Crippen LogP contribution in [-0.2, 0) is 11.3 Å². The number of halogens is 1. The molecule has 1 amide bonds. The molecule has 2 aliphatic carbocycles. The van der Waals surface area contributed by atoms with Crippen LogP contribution in [0.25, 0.3) is 11.4 Å². The van der Waals surface area contributed by atoms with Crippen molar-refractivity contribution < 1.29 is 4.79 Å². The topological polar surface area (TPSA) is 59.8 Å². The van der Waals surface area contributed by atoms with Gasteiger partial charge >= 0.3 is 0 Å². The van der Waals surface area contributed by atoms with Gasteiger partial charge in [-0.2, -0.15) is 0 Å². The first-order valence-corrected chi connectivity index (χ1v) is 10.6. The van der Waals surface area contributed by atoms with Crippen LogP contribution in [-0.4, -0.2) is 32.5 Å². The van der Waals surface area contributed by atoms with Crippen molar-refractivity contribution in [3.05, 3.63) is 29.3 Å². The number of carbonyl (C=O) groups is 1. The molecule has 1 N–H and O–H groups in total. The molecule has 5 nitrogen and oxygen atoms in total. The number of carbonyl (C=O) groups excluding carboxylic acids is 1. The highest BCUT2D eigenvalue weighted by atomic mass is 35.5. The van der Waals surface area contributed by atoms with Gasteiger partial charge in [-0.05, 0) is 50.2 Å². The van der Waals surface area contributed by atoms with E-state index >= 15 is 0 Å². The minimum atomic E-state index is 0.0949. The van der Waals surface area contributed by atoms with Crippen LogP contribution in [0.3, 0.4) is 0 Å². The zero-order valence-corrected chi connectivity index (χ0v) is 16.4. The molecule has 0 radical (unpaired) electrons. The molecule has 1 aromatic heterocycles. The Balaban J connectivity index is 1.41. The molecule has 0 unspecified atom stereocenters. The Labute approximate surface area is 162 Å². The standard InChI is InChI=1S/C19H23ClN4OS/c1-2-24-18(14-5-3-4-6-15(14)20)22-23-19(24)26-11-17(25)21-16-10-12-7-8-13(16)9-12/h3-6,12-13,16H,2,7-11H2,1H3,(H,21,25)/t12-,13-,16-/m0/s1. The number of fused-ring (bicyclic) bond motifs is 2. The van der Waals surface area contributed by atoms with Crippen molar-refractivity contribution in [1.82, 2.24) is 20.1 Å². The second kappa shape index (κ2) is 7.61. The molecule has 138 valence electrons. The van der Waals surface area contributed by atoms with Gasteiger partial charge in [0, 0.05) is 18.2 Å². The first-order chi connectivity index (χ1) is 12.7. The van der Waals surface area contributed by atoms with Gasteiger partial charge in [0.2, 0.25) is 5.91 Å². The summed E-state index contributed by atoms with van der Waals surface area (Å²) in [6.07, 6.45) is 5.07. The Morgan fingerprint density at radius 2 is 2.15 bits per heavy atom. The van der Waals surface area contributed by atoms with Gasteiger partial charge < -0.3 is 9.88 Å². The van der Waals surface area contributed by atoms with E-state index in [2.05, 4.69) is 15.5 Å². The van der Waals surface area contributed by atoms with Gasteiger partial charge in [-0.25, -0.2) is 0 Å². The molecule has 4 rings (SSSR count). The number of thioether (sulfide) groups is 1. The van der Waals surface area contributed by atoms with Gasteiger partial charge in [-0.1, -0.05) is 41.9 Å². The smallest absolute Gasteiger partial charge is 0.230 e. The number of benzene rings is 1. The molecule has 2 aliphatic rings. The lowest BCUT2D eigenvalue weighted by molar-refractivity contribution is -0.119. The molecule has 7 heteroatoms. The van der Waals surface area contributed by atoms with E-state index in [0.29, 0.717) is 22.7 Å². The van der Waals surface area contributed by atoms with Crippen LogP contribution >= 0.6 is 23.4 Å². The van der Waals surface area contributed by atoms with Crippen molar-refractivity contribution in [1.29, 1.82) is 0 Å². The molecular formula is C19H23ClN4OS. The maximum absolute atomic E-state index is 12.4. The molecule has 2 bridgehead atoms. The summed E-state index contributed by atoms with van der Waals surface area (Å²) in [4.78, 5) is 12.4. The average molecular weight is 391 g/mol. The number of hydrogen-bond donors (Lipinski definition) is 1. The summed E-state index contributed by atoms with van der Waals surface area (Å²) in [5, 5.41) is 13.2. The second-order valence-corrected chi connectivity index (χ2v) is 8.52. The molecule has 2 fully saturated rings. The van der Waals surface area contributed by atoms with Crippen LogP contribution in [0.5, 0.6) is 0 Å². The number of nitrogens with zero attached hydrogens (tertiary/aromatic N) is 3. The monoisotopic (exact) mass is 390 g/mol. The third-order valence-corrected chi connectivity index (χ3v) is 6.86. The van der Waals surface area contributed by atoms with E-state index in [1.165, 1.54) is 31.0 Å². The van der Waals surface area contributed by atoms with Gasteiger partial charge in [-0.15, -0.1) is 10.2 Å². The lowest BCUT2D eigenvalue weighted by atomic mass is 9.95. The molecule has 1 heterocycles. The minimum absolute atomic E-state index is 0.0949. The third kappa shape index (κ3) is 3.49. The summed E-state index contributed by atoms with van der Waals surface area (Å²) in [6, 6.07) is 8.00. The van der Waals surface area contributed by atoms with E-state index in [-0.39, 0.29) is 5.91 Å². The average Bonchev–Trinajstić information content (AvgIpc) is 3.35. The summed E-state index contributed by atoms with van der Waals surface area (Å²) in [5.74, 6) is 2.74. The van der Waals surface area contributed by atoms with Gasteiger partial charge in [-0.3, -0.25) is 4.79 Å². The van der Waals surface area contributed by atoms with Crippen molar-refractivity contribution in [2.75, 3.05) is 5.75 Å². The Kier molecular flexibility index (Phi) is 5.23. The first kappa shape index (κ1) is 17.9. The van der Waals surface area contributed by atoms with Crippen molar-refractivity contribution in [3.63, 3.8) is 0 Å². The molecule has 3 atom stereocenters. The zero-order valence-electron chi connectivity index (χ0n) is 14.8. The maximum Gasteiger partial charge on any atom is 0.230 e. The maximum atomic E-state index is 12.4. The SMILES string of the molecule is CCn1c(SCC(=O)N[C@H]2C[C@H]3CC[C@H]2C3)nnc1-c1ccccc1Cl. The molecule has 2 aromatic rings. The van der Waals surface area contributed by atoms with Crippen molar-refractivity contribution in [2.45, 2.75) is 50.4 Å². The van der Waals surface area contributed by atoms with Crippen LogP contribution in [0.4, 0.5) is 0 Å². The summed E-state index contributed by atoms with van der Waals surface area (Å²) >= 11 is 7.74. The summed E-state index contributed by atoms with van der Waals surface area (Å²) in [5.41, 5.74) is 0.863. The molecule has 2 saturated carbocycles. The number of amides is 1. The molecule has 0 spiro atoms. The fraction of sp³-hybridized carbons (Fsp3) is 0.526. The molecular weight excluding hydrogens is 368 g/mol. The van der Waals surface area contributed by atoms with E-state index < -0.39 is 0 Å². The molecule has 0 aliphatic heterocycles. The van der Waals surface area contributed by atoms with Crippen molar-refractivity contribution in [2.24, 2.45) is 11.8 Å². The van der Waals surface area contributed by atoms with E-state index in [9.17, 15) is 4.79 Å². The van der Waals surface area contributed by atoms with Crippen LogP contribution in [0.1, 0.15) is 32.6 Å². The van der Waals surface area contributed by atoms with E-state index in [1.807, 2.05) is 35.8 Å². The minimum Gasteiger partial charge on any atom is -0.352 e. The van der Waals surface area contributed by atoms with Crippen LogP contribution < -0.4 is 5.32 Å². The zero-order chi connectivity index (χ0) is 18.1. The van der Waals surface area contributed by atoms with Crippen molar-refractivity contribution in [3.8, 4) is 11.4 Å². The number of aromatic nitrogens is 3. The van der Waals surface area contributed by atoms with Gasteiger partial charge in [0.05, 0.1) is 10.8 Å². The Morgan fingerprint density at radius 1 is 1.31 bits per heavy atom. The fourth-order valence-corrected chi connectivity index (χ4v) is 5.36. The highest BCUT2D eigenvalue weighted by Crippen LogP contribution is 2.44. The highest BCUT2D eigenvalue weighted by molar-refractivity contribution is 7.99. The number of hydrogen-bond acceptors (Lipinski definition) is 4. The van der Waals surface area contributed by atoms with Crippen molar-refractivity contribution >= 4 is 29.3 Å². The quantitative estimate of drug-likeness (QED) is 0.757. The predicted octanol–water partition coefficient (Wildman–Crippen LogP) is 4.02. The third-order valence-electron chi connectivity index (χ3n) is 5.56. The molecule has 26 heavy (non-hydrogen) atoms. The first-order valence-electron chi connectivity index (χ1n) is 9.26. The Hall–Kier alpha value is -1.53. The van der Waals surface area contributed by atoms with E-state index in [0.717, 1.165) is 35.4 Å². The number of nitrogens with one attached hydrogen (secondary N) is 1. The normalized spacial score (nSPS) is 24.2. The van der Waals surface area contributed by atoms with E-state index in [1.54, 1.807) is 0 Å². The lowest BCUT2D eigenvalue weighted by Crippen LogP contribution is -2.39. The van der Waals surface area contributed by atoms with Crippen LogP contribution in [0, 0.1) is 11.8 Å². The Morgan fingerprint density at radius 3 is 2.85 bits per heavy atom. The lowest BCUT2D eigenvalue weighted by Gasteiger charge is -2.22. The molecule has 1 aromatic carbocycles. The highest BCUT2D eigenvalue weighted by Gasteiger charge is 2.40. The van der Waals surface area contributed by atoms with E-state index in [4.69, 9.17) is 11.6 Å². The van der Waals surface area contributed by atoms with Crippen LogP contribution in [0.2, 0.25) is 5.02 Å². The number of rotatable bonds is 6. The predicted molar refractivity (Wildman–Crippen MR) is 104 cm³/mol. The van der Waals surface area contributed by atoms with Gasteiger partial charge in [0.1, 0.15) is 0 Å². The summed E-state index contributed by atoms with van der Waals surface area (Å²) in [6.45, 7) is 2.77. The second-order valence-electron chi connectivity index (χ2n) is 7.17. The summed E-state index contributed by atoms with van der Waals surface area (Å²) < 4.78 is 2.01. The fourth-order valence-electron chi connectivity index (χ4n) is 4.32. The molecule has 0 saturated heterocycles. The van der Waals surface area contributed by atoms with Gasteiger partial charge in [0.15, 0.2) is 11.0 Å². The summed E-state index contributed by atoms with van der Waals surface area (Å²) in [7, 11) is 0.